The van der Waals surface area contributed by atoms with Gasteiger partial charge in [-0.3, -0.25) is 4.79 Å². The van der Waals surface area contributed by atoms with E-state index in [0.717, 1.165) is 22.5 Å². The number of carbonyl (C=O) groups excluding carboxylic acids is 1. The summed E-state index contributed by atoms with van der Waals surface area (Å²) >= 11 is 1.52. The Labute approximate surface area is 179 Å². The van der Waals surface area contributed by atoms with Gasteiger partial charge < -0.3 is 19.9 Å². The van der Waals surface area contributed by atoms with E-state index in [1.807, 2.05) is 44.2 Å². The molecular weight excluding hydrogens is 402 g/mol. The van der Waals surface area contributed by atoms with Gasteiger partial charge in [0.15, 0.2) is 11.5 Å². The van der Waals surface area contributed by atoms with Crippen LogP contribution in [-0.2, 0) is 4.79 Å². The molecule has 1 aliphatic heterocycles. The first-order valence-corrected chi connectivity index (χ1v) is 10.4. The van der Waals surface area contributed by atoms with Crippen LogP contribution in [0.2, 0.25) is 0 Å². The molecule has 0 saturated heterocycles. The van der Waals surface area contributed by atoms with Crippen LogP contribution in [0.4, 0.5) is 5.82 Å². The van der Waals surface area contributed by atoms with Crippen LogP contribution in [0.1, 0.15) is 29.0 Å². The molecule has 2 N–H and O–H groups in total. The van der Waals surface area contributed by atoms with Crippen molar-refractivity contribution in [3.63, 3.8) is 0 Å². The smallest absolute Gasteiger partial charge is 0.238 e. The Bertz CT molecular complexity index is 1070. The van der Waals surface area contributed by atoms with Gasteiger partial charge in [-0.05, 0) is 43.7 Å². The zero-order valence-electron chi connectivity index (χ0n) is 17.2. The summed E-state index contributed by atoms with van der Waals surface area (Å²) in [5, 5.41) is 17.6. The first-order chi connectivity index (χ1) is 14.4. The zero-order chi connectivity index (χ0) is 21.4. The summed E-state index contributed by atoms with van der Waals surface area (Å²) in [4.78, 5) is 12.8. The molecule has 0 bridgehead atoms. The van der Waals surface area contributed by atoms with E-state index < -0.39 is 0 Å². The number of ether oxygens (including phenoxy) is 2. The maximum atomic E-state index is 12.8. The highest BCUT2D eigenvalue weighted by Crippen LogP contribution is 2.49. The predicted octanol–water partition coefficient (Wildman–Crippen LogP) is 4.07. The van der Waals surface area contributed by atoms with E-state index in [1.54, 1.807) is 16.8 Å². The summed E-state index contributed by atoms with van der Waals surface area (Å²) in [6.07, 6.45) is 0. The maximum Gasteiger partial charge on any atom is 0.238 e. The van der Waals surface area contributed by atoms with Crippen LogP contribution in [0, 0.1) is 6.92 Å². The van der Waals surface area contributed by atoms with Crippen molar-refractivity contribution < 1.29 is 19.4 Å². The van der Waals surface area contributed by atoms with Crippen LogP contribution in [0.3, 0.4) is 0 Å². The summed E-state index contributed by atoms with van der Waals surface area (Å²) in [5.74, 6) is 1.14. The molecule has 0 unspecified atom stereocenters. The van der Waals surface area contributed by atoms with Crippen molar-refractivity contribution in [2.75, 3.05) is 19.5 Å². The molecule has 0 fully saturated rings. The number of hydrogen-bond acceptors (Lipinski definition) is 6. The molecule has 1 amide bonds. The first-order valence-electron chi connectivity index (χ1n) is 9.50. The fourth-order valence-electron chi connectivity index (χ4n) is 3.59. The van der Waals surface area contributed by atoms with Crippen molar-refractivity contribution in [3.8, 4) is 22.9 Å². The lowest BCUT2D eigenvalue weighted by atomic mass is 10.0. The minimum absolute atomic E-state index is 0.0541. The second-order valence-corrected chi connectivity index (χ2v) is 8.47. The van der Waals surface area contributed by atoms with Gasteiger partial charge in [-0.2, -0.15) is 5.10 Å². The lowest BCUT2D eigenvalue weighted by molar-refractivity contribution is -0.115. The number of anilines is 1. The summed E-state index contributed by atoms with van der Waals surface area (Å²) in [6, 6.07) is 13.3. The van der Waals surface area contributed by atoms with Gasteiger partial charge in [-0.1, -0.05) is 18.2 Å². The van der Waals surface area contributed by atoms with Crippen molar-refractivity contribution in [3.05, 3.63) is 59.3 Å². The Hall–Kier alpha value is -3.13. The Balaban J connectivity index is 1.93. The second kappa shape index (κ2) is 7.95. The van der Waals surface area contributed by atoms with Gasteiger partial charge in [-0.25, -0.2) is 4.68 Å². The summed E-state index contributed by atoms with van der Waals surface area (Å²) in [5.41, 5.74) is 3.44. The predicted molar refractivity (Wildman–Crippen MR) is 117 cm³/mol. The Kier molecular flexibility index (Phi) is 5.34. The summed E-state index contributed by atoms with van der Waals surface area (Å²) in [7, 11) is 2.99. The molecule has 8 heteroatoms. The average molecular weight is 426 g/mol. The molecule has 0 radical (unpaired) electrons. The summed E-state index contributed by atoms with van der Waals surface area (Å²) < 4.78 is 12.5. The highest BCUT2D eigenvalue weighted by Gasteiger charge is 2.35. The number of rotatable bonds is 4. The number of aryl methyl sites for hydroxylation is 1. The molecule has 0 aliphatic carbocycles. The van der Waals surface area contributed by atoms with E-state index in [1.165, 1.54) is 26.0 Å². The minimum Gasteiger partial charge on any atom is -0.502 e. The third kappa shape index (κ3) is 3.37. The van der Waals surface area contributed by atoms with E-state index >= 15 is 0 Å². The number of fused-ring (bicyclic) bond motifs is 1. The molecule has 1 aromatic heterocycles. The molecular formula is C22H23N3O4S. The van der Waals surface area contributed by atoms with Crippen molar-refractivity contribution in [2.45, 2.75) is 24.3 Å². The minimum atomic E-state index is -0.295. The third-order valence-electron chi connectivity index (χ3n) is 5.13. The Morgan fingerprint density at radius 1 is 1.13 bits per heavy atom. The first kappa shape index (κ1) is 20.2. The molecule has 0 spiro atoms. The van der Waals surface area contributed by atoms with Gasteiger partial charge in [-0.15, -0.1) is 11.8 Å². The van der Waals surface area contributed by atoms with Gasteiger partial charge in [0.2, 0.25) is 11.7 Å². The number of amides is 1. The van der Waals surface area contributed by atoms with E-state index in [9.17, 15) is 9.90 Å². The quantitative estimate of drug-likeness (QED) is 0.656. The topological polar surface area (TPSA) is 85.6 Å². The standard InChI is InChI=1S/C22H23N3O4S/c1-12-18-20(14-10-16(28-3)19(26)17(11-14)29-4)30-13(2)22(27)23-21(18)25(24-12)15-8-6-5-7-9-15/h5-11,13,20,26H,1-4H3,(H,23,27)/t13-,20-/m0/s1. The molecule has 30 heavy (non-hydrogen) atoms. The zero-order valence-corrected chi connectivity index (χ0v) is 18.0. The van der Waals surface area contributed by atoms with Gasteiger partial charge in [0.1, 0.15) is 5.82 Å². The number of methoxy groups -OCH3 is 2. The lowest BCUT2D eigenvalue weighted by Gasteiger charge is -2.20. The summed E-state index contributed by atoms with van der Waals surface area (Å²) in [6.45, 7) is 3.81. The number of aromatic nitrogens is 2. The van der Waals surface area contributed by atoms with E-state index in [-0.39, 0.29) is 22.2 Å². The average Bonchev–Trinajstić information content (AvgIpc) is 3.00. The molecule has 2 atom stereocenters. The highest BCUT2D eigenvalue weighted by atomic mass is 32.2. The van der Waals surface area contributed by atoms with Gasteiger partial charge >= 0.3 is 0 Å². The molecule has 0 saturated carbocycles. The number of para-hydroxylation sites is 1. The van der Waals surface area contributed by atoms with Crippen molar-refractivity contribution >= 4 is 23.5 Å². The number of phenols is 1. The Morgan fingerprint density at radius 3 is 2.37 bits per heavy atom. The van der Waals surface area contributed by atoms with E-state index in [0.29, 0.717) is 17.3 Å². The van der Waals surface area contributed by atoms with E-state index in [2.05, 4.69) is 5.32 Å². The normalized spacial score (nSPS) is 18.3. The number of hydrogen-bond donors (Lipinski definition) is 2. The molecule has 4 rings (SSSR count). The van der Waals surface area contributed by atoms with E-state index in [4.69, 9.17) is 14.6 Å². The van der Waals surface area contributed by atoms with Gasteiger partial charge in [0, 0.05) is 5.56 Å². The molecule has 2 aromatic carbocycles. The van der Waals surface area contributed by atoms with Crippen LogP contribution in [0.5, 0.6) is 17.2 Å². The van der Waals surface area contributed by atoms with Crippen LogP contribution in [0.25, 0.3) is 5.69 Å². The molecule has 7 nitrogen and oxygen atoms in total. The van der Waals surface area contributed by atoms with Crippen LogP contribution < -0.4 is 14.8 Å². The van der Waals surface area contributed by atoms with Gasteiger partial charge in [0.25, 0.3) is 0 Å². The second-order valence-electron chi connectivity index (χ2n) is 7.02. The third-order valence-corrected chi connectivity index (χ3v) is 6.53. The van der Waals surface area contributed by atoms with Crippen molar-refractivity contribution in [1.29, 1.82) is 0 Å². The number of thioether (sulfide) groups is 1. The number of aromatic hydroxyl groups is 1. The van der Waals surface area contributed by atoms with Crippen molar-refractivity contribution in [2.24, 2.45) is 0 Å². The number of nitrogens with one attached hydrogen (secondary N) is 1. The maximum absolute atomic E-state index is 12.8. The number of nitrogens with zero attached hydrogens (tertiary/aromatic N) is 2. The van der Waals surface area contributed by atoms with Crippen LogP contribution in [-0.4, -0.2) is 40.3 Å². The number of benzene rings is 2. The van der Waals surface area contributed by atoms with Crippen molar-refractivity contribution in [1.82, 2.24) is 9.78 Å². The number of phenolic OH excluding ortho intramolecular Hbond substituents is 1. The van der Waals surface area contributed by atoms with Crippen LogP contribution >= 0.6 is 11.8 Å². The fraction of sp³-hybridized carbons (Fsp3) is 0.273. The lowest BCUT2D eigenvalue weighted by Crippen LogP contribution is -2.22. The molecule has 2 heterocycles. The molecule has 3 aromatic rings. The monoisotopic (exact) mass is 425 g/mol. The molecule has 1 aliphatic rings. The van der Waals surface area contributed by atoms with Gasteiger partial charge in [0.05, 0.1) is 36.1 Å². The highest BCUT2D eigenvalue weighted by molar-refractivity contribution is 8.01. The molecule has 156 valence electrons. The van der Waals surface area contributed by atoms with Crippen LogP contribution in [0.15, 0.2) is 42.5 Å². The Morgan fingerprint density at radius 2 is 1.77 bits per heavy atom. The SMILES string of the molecule is COc1cc([C@@H]2S[C@@H](C)C(=O)Nc3c2c(C)nn3-c2ccccc2)cc(OC)c1O. The largest absolute Gasteiger partial charge is 0.502 e. The fourth-order valence-corrected chi connectivity index (χ4v) is 4.89. The number of carbonyl (C=O) groups is 1.